The summed E-state index contributed by atoms with van der Waals surface area (Å²) in [6, 6.07) is 4.68. The molecule has 2 nitrogen and oxygen atoms in total. The lowest BCUT2D eigenvalue weighted by Gasteiger charge is -2.26. The van der Waals surface area contributed by atoms with E-state index >= 15 is 0 Å². The third-order valence-electron chi connectivity index (χ3n) is 3.74. The fraction of sp³-hybridized carbons (Fsp3) is 0.500. The van der Waals surface area contributed by atoms with Gasteiger partial charge in [-0.2, -0.15) is 0 Å². The largest absolute Gasteiger partial charge is 0.493 e. The summed E-state index contributed by atoms with van der Waals surface area (Å²) in [6.07, 6.45) is 1.86. The predicted molar refractivity (Wildman–Crippen MR) is 53.4 cm³/mol. The molecule has 3 rings (SSSR count). The molecule has 0 aromatic heterocycles. The first-order chi connectivity index (χ1) is 7.26. The molecule has 1 aliphatic heterocycles. The Kier molecular flexibility index (Phi) is 1.80. The lowest BCUT2D eigenvalue weighted by atomic mass is 9.87. The van der Waals surface area contributed by atoms with E-state index in [0.717, 1.165) is 24.2 Å². The Hall–Kier alpha value is -1.09. The van der Waals surface area contributed by atoms with E-state index in [9.17, 15) is 9.50 Å². The minimum atomic E-state index is -0.220. The van der Waals surface area contributed by atoms with Crippen LogP contribution in [0, 0.1) is 11.7 Å². The van der Waals surface area contributed by atoms with Crippen LogP contribution >= 0.6 is 0 Å². The molecule has 0 saturated heterocycles. The molecule has 1 spiro atoms. The van der Waals surface area contributed by atoms with Crippen LogP contribution in [0.2, 0.25) is 0 Å². The summed E-state index contributed by atoms with van der Waals surface area (Å²) in [7, 11) is 0. The highest BCUT2D eigenvalue weighted by Gasteiger charge is 2.57. The summed E-state index contributed by atoms with van der Waals surface area (Å²) in [6.45, 7) is 0.866. The molecular formula is C12H13FO2. The third kappa shape index (κ3) is 1.19. The lowest BCUT2D eigenvalue weighted by Crippen LogP contribution is -2.22. The quantitative estimate of drug-likeness (QED) is 0.763. The van der Waals surface area contributed by atoms with E-state index in [2.05, 4.69) is 0 Å². The van der Waals surface area contributed by atoms with Crippen LogP contribution in [0.15, 0.2) is 18.2 Å². The Bertz CT molecular complexity index is 405. The van der Waals surface area contributed by atoms with Gasteiger partial charge in [0.15, 0.2) is 0 Å². The van der Waals surface area contributed by atoms with Gasteiger partial charge in [-0.3, -0.25) is 0 Å². The molecule has 1 aromatic carbocycles. The zero-order chi connectivity index (χ0) is 10.5. The monoisotopic (exact) mass is 208 g/mol. The molecule has 15 heavy (non-hydrogen) atoms. The van der Waals surface area contributed by atoms with E-state index in [-0.39, 0.29) is 17.8 Å². The average Bonchev–Trinajstić information content (AvgIpc) is 2.94. The van der Waals surface area contributed by atoms with Crippen LogP contribution in [0.25, 0.3) is 0 Å². The summed E-state index contributed by atoms with van der Waals surface area (Å²) in [5, 5.41) is 9.18. The molecular weight excluding hydrogens is 195 g/mol. The molecule has 1 N–H and O–H groups in total. The normalized spacial score (nSPS) is 32.3. The van der Waals surface area contributed by atoms with Gasteiger partial charge in [-0.1, -0.05) is 0 Å². The molecule has 1 aliphatic carbocycles. The van der Waals surface area contributed by atoms with Gasteiger partial charge >= 0.3 is 0 Å². The van der Waals surface area contributed by atoms with Gasteiger partial charge < -0.3 is 9.84 Å². The summed E-state index contributed by atoms with van der Waals surface area (Å²) in [5.41, 5.74) is 0.956. The molecule has 1 saturated carbocycles. The molecule has 1 heterocycles. The van der Waals surface area contributed by atoms with Gasteiger partial charge in [0.1, 0.15) is 11.6 Å². The van der Waals surface area contributed by atoms with Crippen molar-refractivity contribution in [1.82, 2.24) is 0 Å². The van der Waals surface area contributed by atoms with E-state index in [1.807, 2.05) is 0 Å². The van der Waals surface area contributed by atoms with Crippen molar-refractivity contribution in [1.29, 1.82) is 0 Å². The summed E-state index contributed by atoms with van der Waals surface area (Å²) in [5.74, 6) is 0.864. The van der Waals surface area contributed by atoms with Gasteiger partial charge in [0.05, 0.1) is 6.61 Å². The number of rotatable bonds is 1. The van der Waals surface area contributed by atoms with Crippen LogP contribution in [-0.2, 0) is 5.41 Å². The summed E-state index contributed by atoms with van der Waals surface area (Å²) in [4.78, 5) is 0. The standard InChI is InChI=1S/C12H13FO2/c13-9-1-2-11-10(5-9)12(3-4-15-11)6-8(12)7-14/h1-2,5,8,14H,3-4,6-7H2/t8-,12+/m1/s1. The van der Waals surface area contributed by atoms with Crippen LogP contribution < -0.4 is 4.74 Å². The summed E-state index contributed by atoms with van der Waals surface area (Å²) >= 11 is 0. The number of hydrogen-bond donors (Lipinski definition) is 1. The number of benzene rings is 1. The smallest absolute Gasteiger partial charge is 0.123 e. The van der Waals surface area contributed by atoms with Crippen LogP contribution in [0.5, 0.6) is 5.75 Å². The van der Waals surface area contributed by atoms with Crippen LogP contribution in [0.4, 0.5) is 4.39 Å². The molecule has 0 radical (unpaired) electrons. The highest BCUT2D eigenvalue weighted by molar-refractivity contribution is 5.46. The fourth-order valence-corrected chi connectivity index (χ4v) is 2.75. The second-order valence-corrected chi connectivity index (χ2v) is 4.48. The minimum Gasteiger partial charge on any atom is -0.493 e. The van der Waals surface area contributed by atoms with Crippen molar-refractivity contribution in [3.63, 3.8) is 0 Å². The molecule has 80 valence electrons. The molecule has 0 amide bonds. The van der Waals surface area contributed by atoms with Crippen molar-refractivity contribution in [3.8, 4) is 5.75 Å². The lowest BCUT2D eigenvalue weighted by molar-refractivity contribution is 0.224. The molecule has 0 unspecified atom stereocenters. The van der Waals surface area contributed by atoms with Crippen molar-refractivity contribution >= 4 is 0 Å². The van der Waals surface area contributed by atoms with Gasteiger partial charge in [-0.15, -0.1) is 0 Å². The second kappa shape index (κ2) is 2.95. The molecule has 3 heteroatoms. The third-order valence-corrected chi connectivity index (χ3v) is 3.74. The van der Waals surface area contributed by atoms with E-state index in [4.69, 9.17) is 4.74 Å². The van der Waals surface area contributed by atoms with Crippen molar-refractivity contribution in [2.75, 3.05) is 13.2 Å². The van der Waals surface area contributed by atoms with E-state index in [0.29, 0.717) is 12.5 Å². The Morgan fingerprint density at radius 2 is 2.40 bits per heavy atom. The predicted octanol–water partition coefficient (Wildman–Crippen LogP) is 1.86. The first-order valence-corrected chi connectivity index (χ1v) is 5.30. The molecule has 1 aromatic rings. The zero-order valence-electron chi connectivity index (χ0n) is 8.37. The Morgan fingerprint density at radius 1 is 1.53 bits per heavy atom. The maximum atomic E-state index is 13.2. The Balaban J connectivity index is 2.07. The number of ether oxygens (including phenoxy) is 1. The van der Waals surface area contributed by atoms with Gasteiger partial charge in [-0.25, -0.2) is 4.39 Å². The van der Waals surface area contributed by atoms with Crippen molar-refractivity contribution in [2.45, 2.75) is 18.3 Å². The Morgan fingerprint density at radius 3 is 3.13 bits per heavy atom. The first-order valence-electron chi connectivity index (χ1n) is 5.30. The topological polar surface area (TPSA) is 29.5 Å². The molecule has 2 atom stereocenters. The Labute approximate surface area is 87.7 Å². The molecule has 1 fully saturated rings. The number of fused-ring (bicyclic) bond motifs is 2. The average molecular weight is 208 g/mol. The highest BCUT2D eigenvalue weighted by atomic mass is 19.1. The zero-order valence-corrected chi connectivity index (χ0v) is 8.37. The highest BCUT2D eigenvalue weighted by Crippen LogP contribution is 2.60. The van der Waals surface area contributed by atoms with Crippen molar-refractivity contribution in [3.05, 3.63) is 29.6 Å². The SMILES string of the molecule is OC[C@H]1C[C@@]12CCOc1ccc(F)cc12. The van der Waals surface area contributed by atoms with Crippen LogP contribution in [0.1, 0.15) is 18.4 Å². The van der Waals surface area contributed by atoms with Gasteiger partial charge in [-0.05, 0) is 37.0 Å². The fourth-order valence-electron chi connectivity index (χ4n) is 2.75. The first kappa shape index (κ1) is 9.16. The number of halogens is 1. The molecule has 2 aliphatic rings. The van der Waals surface area contributed by atoms with Crippen LogP contribution in [-0.4, -0.2) is 18.3 Å². The number of hydrogen-bond acceptors (Lipinski definition) is 2. The molecule has 0 bridgehead atoms. The number of aliphatic hydroxyl groups excluding tert-OH is 1. The summed E-state index contributed by atoms with van der Waals surface area (Å²) < 4.78 is 18.7. The van der Waals surface area contributed by atoms with Crippen molar-refractivity contribution < 1.29 is 14.2 Å². The van der Waals surface area contributed by atoms with Gasteiger partial charge in [0, 0.05) is 17.6 Å². The van der Waals surface area contributed by atoms with Gasteiger partial charge in [0.2, 0.25) is 0 Å². The van der Waals surface area contributed by atoms with Gasteiger partial charge in [0.25, 0.3) is 0 Å². The maximum absolute atomic E-state index is 13.2. The second-order valence-electron chi connectivity index (χ2n) is 4.48. The van der Waals surface area contributed by atoms with Crippen LogP contribution in [0.3, 0.4) is 0 Å². The van der Waals surface area contributed by atoms with E-state index < -0.39 is 0 Å². The minimum absolute atomic E-state index is 0.00440. The van der Waals surface area contributed by atoms with E-state index in [1.165, 1.54) is 6.07 Å². The number of aliphatic hydroxyl groups is 1. The van der Waals surface area contributed by atoms with E-state index in [1.54, 1.807) is 12.1 Å². The van der Waals surface area contributed by atoms with Crippen molar-refractivity contribution in [2.24, 2.45) is 5.92 Å². The maximum Gasteiger partial charge on any atom is 0.123 e.